The van der Waals surface area contributed by atoms with Crippen molar-refractivity contribution in [2.45, 2.75) is 39.5 Å². The lowest BCUT2D eigenvalue weighted by atomic mass is 9.89. The number of carbonyl (C=O) groups excluding carboxylic acids is 1. The van der Waals surface area contributed by atoms with E-state index in [1.807, 2.05) is 0 Å². The Labute approximate surface area is 74.9 Å². The highest BCUT2D eigenvalue weighted by Crippen LogP contribution is 2.21. The van der Waals surface area contributed by atoms with Crippen molar-refractivity contribution in [1.82, 2.24) is 0 Å². The Morgan fingerprint density at radius 3 is 2.83 bits per heavy atom. The molecule has 0 saturated carbocycles. The van der Waals surface area contributed by atoms with Gasteiger partial charge in [0, 0.05) is 6.42 Å². The maximum atomic E-state index is 10.9. The van der Waals surface area contributed by atoms with Crippen LogP contribution in [0, 0.1) is 11.8 Å². The fraction of sp³-hybridized carbons (Fsp3) is 0.727. The monoisotopic (exact) mass is 166 g/mol. The molecule has 0 aromatic heterocycles. The van der Waals surface area contributed by atoms with Gasteiger partial charge in [0.1, 0.15) is 0 Å². The molecule has 1 unspecified atom stereocenters. The van der Waals surface area contributed by atoms with Gasteiger partial charge in [0.25, 0.3) is 0 Å². The summed E-state index contributed by atoms with van der Waals surface area (Å²) in [6.07, 6.45) is 8.22. The van der Waals surface area contributed by atoms with Gasteiger partial charge in [-0.1, -0.05) is 26.3 Å². The van der Waals surface area contributed by atoms with E-state index >= 15 is 0 Å². The summed E-state index contributed by atoms with van der Waals surface area (Å²) in [6.45, 7) is 4.50. The van der Waals surface area contributed by atoms with Gasteiger partial charge >= 0.3 is 0 Å². The van der Waals surface area contributed by atoms with E-state index in [9.17, 15) is 4.79 Å². The number of rotatable bonds is 3. The van der Waals surface area contributed by atoms with E-state index < -0.39 is 0 Å². The fourth-order valence-corrected chi connectivity index (χ4v) is 1.54. The third kappa shape index (κ3) is 3.21. The molecule has 0 fully saturated rings. The molecule has 1 rings (SSSR count). The normalized spacial score (nSPS) is 23.6. The van der Waals surface area contributed by atoms with Gasteiger partial charge in [0.05, 0.1) is 0 Å². The van der Waals surface area contributed by atoms with E-state index in [1.54, 1.807) is 6.08 Å². The Morgan fingerprint density at radius 2 is 2.33 bits per heavy atom. The van der Waals surface area contributed by atoms with Crippen LogP contribution in [0.15, 0.2) is 12.2 Å². The molecule has 0 spiro atoms. The second kappa shape index (κ2) is 4.44. The summed E-state index contributed by atoms with van der Waals surface area (Å²) in [5.41, 5.74) is 0. The van der Waals surface area contributed by atoms with Gasteiger partial charge in [-0.25, -0.2) is 0 Å². The van der Waals surface area contributed by atoms with Crippen molar-refractivity contribution < 1.29 is 4.79 Å². The first kappa shape index (κ1) is 9.50. The smallest absolute Gasteiger partial charge is 0.155 e. The molecule has 0 radical (unpaired) electrons. The van der Waals surface area contributed by atoms with Crippen LogP contribution in [0.3, 0.4) is 0 Å². The van der Waals surface area contributed by atoms with Crippen molar-refractivity contribution in [1.29, 1.82) is 0 Å². The number of hydrogen-bond donors (Lipinski definition) is 0. The van der Waals surface area contributed by atoms with Gasteiger partial charge in [0.15, 0.2) is 5.78 Å². The number of allylic oxidation sites excluding steroid dienone is 2. The second-order valence-corrected chi connectivity index (χ2v) is 4.10. The standard InChI is InChI=1S/C11H18O/c1-9(2)3-4-10-5-7-11(12)8-6-10/h5,7,9-10H,3-4,6,8H2,1-2H3. The molecular formula is C11H18O. The van der Waals surface area contributed by atoms with Crippen molar-refractivity contribution in [3.63, 3.8) is 0 Å². The summed E-state index contributed by atoms with van der Waals surface area (Å²) in [5.74, 6) is 1.76. The molecule has 68 valence electrons. The van der Waals surface area contributed by atoms with Crippen LogP contribution in [-0.4, -0.2) is 5.78 Å². The number of hydrogen-bond acceptors (Lipinski definition) is 1. The van der Waals surface area contributed by atoms with Gasteiger partial charge in [-0.3, -0.25) is 4.79 Å². The van der Waals surface area contributed by atoms with Crippen LogP contribution in [-0.2, 0) is 4.79 Å². The fourth-order valence-electron chi connectivity index (χ4n) is 1.54. The van der Waals surface area contributed by atoms with Gasteiger partial charge in [-0.15, -0.1) is 0 Å². The van der Waals surface area contributed by atoms with Crippen LogP contribution in [0.25, 0.3) is 0 Å². The first-order chi connectivity index (χ1) is 5.68. The molecule has 1 aliphatic carbocycles. The molecule has 1 atom stereocenters. The van der Waals surface area contributed by atoms with E-state index in [0.29, 0.717) is 11.7 Å². The molecular weight excluding hydrogens is 148 g/mol. The predicted molar refractivity (Wildman–Crippen MR) is 50.9 cm³/mol. The summed E-state index contributed by atoms with van der Waals surface area (Å²) in [7, 11) is 0. The zero-order chi connectivity index (χ0) is 8.97. The minimum absolute atomic E-state index is 0.302. The molecule has 0 aliphatic heterocycles. The van der Waals surface area contributed by atoms with Crippen molar-refractivity contribution in [3.05, 3.63) is 12.2 Å². The molecule has 0 N–H and O–H groups in total. The molecule has 0 aromatic rings. The van der Waals surface area contributed by atoms with Crippen molar-refractivity contribution in [2.24, 2.45) is 11.8 Å². The largest absolute Gasteiger partial charge is 0.295 e. The van der Waals surface area contributed by atoms with Gasteiger partial charge < -0.3 is 0 Å². The van der Waals surface area contributed by atoms with Gasteiger partial charge in [0.2, 0.25) is 0 Å². The average Bonchev–Trinajstić information content (AvgIpc) is 2.03. The summed E-state index contributed by atoms with van der Waals surface area (Å²) in [5, 5.41) is 0. The van der Waals surface area contributed by atoms with E-state index in [2.05, 4.69) is 19.9 Å². The Kier molecular flexibility index (Phi) is 3.51. The van der Waals surface area contributed by atoms with Gasteiger partial charge in [-0.2, -0.15) is 0 Å². The maximum absolute atomic E-state index is 10.9. The zero-order valence-corrected chi connectivity index (χ0v) is 8.05. The van der Waals surface area contributed by atoms with Crippen LogP contribution in [0.4, 0.5) is 0 Å². The zero-order valence-electron chi connectivity index (χ0n) is 8.05. The van der Waals surface area contributed by atoms with Crippen LogP contribution >= 0.6 is 0 Å². The molecule has 1 aliphatic rings. The summed E-state index contributed by atoms with van der Waals surface area (Å²) >= 11 is 0. The molecule has 0 heterocycles. The Balaban J connectivity index is 2.26. The van der Waals surface area contributed by atoms with Crippen LogP contribution in [0.5, 0.6) is 0 Å². The van der Waals surface area contributed by atoms with Crippen molar-refractivity contribution >= 4 is 5.78 Å². The quantitative estimate of drug-likeness (QED) is 0.630. The third-order valence-electron chi connectivity index (χ3n) is 2.43. The summed E-state index contributed by atoms with van der Waals surface area (Å²) in [6, 6.07) is 0. The summed E-state index contributed by atoms with van der Waals surface area (Å²) in [4.78, 5) is 10.9. The van der Waals surface area contributed by atoms with E-state index in [0.717, 1.165) is 18.8 Å². The van der Waals surface area contributed by atoms with Crippen LogP contribution in [0.2, 0.25) is 0 Å². The highest BCUT2D eigenvalue weighted by molar-refractivity contribution is 5.90. The summed E-state index contributed by atoms with van der Waals surface area (Å²) < 4.78 is 0. The average molecular weight is 166 g/mol. The van der Waals surface area contributed by atoms with Crippen molar-refractivity contribution in [3.8, 4) is 0 Å². The lowest BCUT2D eigenvalue weighted by molar-refractivity contribution is -0.115. The number of carbonyl (C=O) groups is 1. The molecule has 0 saturated heterocycles. The van der Waals surface area contributed by atoms with Crippen LogP contribution in [0.1, 0.15) is 39.5 Å². The molecule has 1 nitrogen and oxygen atoms in total. The molecule has 1 heteroatoms. The maximum Gasteiger partial charge on any atom is 0.155 e. The Bertz CT molecular complexity index is 179. The minimum Gasteiger partial charge on any atom is -0.295 e. The van der Waals surface area contributed by atoms with Crippen molar-refractivity contribution in [2.75, 3.05) is 0 Å². The minimum atomic E-state index is 0.302. The first-order valence-corrected chi connectivity index (χ1v) is 4.89. The molecule has 0 aromatic carbocycles. The highest BCUT2D eigenvalue weighted by atomic mass is 16.1. The SMILES string of the molecule is CC(C)CCC1C=CC(=O)CC1. The first-order valence-electron chi connectivity index (χ1n) is 4.89. The predicted octanol–water partition coefficient (Wildman–Crippen LogP) is 2.96. The lowest BCUT2D eigenvalue weighted by Crippen LogP contribution is -2.08. The van der Waals surface area contributed by atoms with Crippen LogP contribution < -0.4 is 0 Å². The Hall–Kier alpha value is -0.590. The second-order valence-electron chi connectivity index (χ2n) is 4.10. The van der Waals surface area contributed by atoms with Gasteiger partial charge in [-0.05, 0) is 30.8 Å². The lowest BCUT2D eigenvalue weighted by Gasteiger charge is -2.16. The van der Waals surface area contributed by atoms with E-state index in [1.165, 1.54) is 12.8 Å². The highest BCUT2D eigenvalue weighted by Gasteiger charge is 2.12. The number of ketones is 1. The molecule has 0 bridgehead atoms. The molecule has 0 amide bonds. The van der Waals surface area contributed by atoms with E-state index in [-0.39, 0.29) is 0 Å². The van der Waals surface area contributed by atoms with E-state index in [4.69, 9.17) is 0 Å². The third-order valence-corrected chi connectivity index (χ3v) is 2.43. The topological polar surface area (TPSA) is 17.1 Å². The Morgan fingerprint density at radius 1 is 1.58 bits per heavy atom. The molecule has 12 heavy (non-hydrogen) atoms.